The zero-order valence-corrected chi connectivity index (χ0v) is 19.0. The first-order chi connectivity index (χ1) is 15.8. The van der Waals surface area contributed by atoms with E-state index in [1.165, 1.54) is 7.05 Å². The van der Waals surface area contributed by atoms with E-state index < -0.39 is 52.4 Å². The van der Waals surface area contributed by atoms with Gasteiger partial charge in [-0.05, 0) is 0 Å². The van der Waals surface area contributed by atoms with Crippen molar-refractivity contribution in [3.8, 4) is 0 Å². The molecule has 3 aromatic rings. The molecular formula is C14H21N7O11P2. The summed E-state index contributed by atoms with van der Waals surface area (Å²) in [6, 6.07) is 0. The van der Waals surface area contributed by atoms with Gasteiger partial charge in [0, 0.05) is 19.4 Å². The van der Waals surface area contributed by atoms with Crippen LogP contribution in [0, 0.1) is 0 Å². The molecule has 20 heteroatoms. The van der Waals surface area contributed by atoms with Gasteiger partial charge in [0.2, 0.25) is 5.95 Å². The number of phosphoric ester groups is 1. The van der Waals surface area contributed by atoms with E-state index in [-0.39, 0.29) is 17.1 Å². The van der Waals surface area contributed by atoms with Gasteiger partial charge in [-0.2, -0.15) is 9.29 Å². The lowest BCUT2D eigenvalue weighted by molar-refractivity contribution is -0.0503. The number of nitrogens with one attached hydrogen (secondary N) is 1. The van der Waals surface area contributed by atoms with Crippen molar-refractivity contribution in [3.05, 3.63) is 35.4 Å². The Bertz CT molecular complexity index is 1260. The highest BCUT2D eigenvalue weighted by atomic mass is 31.3. The Morgan fingerprint density at radius 1 is 1.26 bits per heavy atom. The van der Waals surface area contributed by atoms with Crippen LogP contribution in [0.15, 0.2) is 29.8 Å². The lowest BCUT2D eigenvalue weighted by atomic mass is 10.1. The zero-order valence-electron chi connectivity index (χ0n) is 17.2. The number of nitrogens with two attached hydrogens (primary N) is 1. The molecule has 1 unspecified atom stereocenters. The first kappa shape index (κ1) is 26.1. The second-order valence-electron chi connectivity index (χ2n) is 6.80. The molecule has 34 heavy (non-hydrogen) atoms. The van der Waals surface area contributed by atoms with Gasteiger partial charge < -0.3 is 40.3 Å². The normalized spacial score (nSPS) is 24.5. The Kier molecular flexibility index (Phi) is 7.69. The minimum absolute atomic E-state index is 0.0407. The number of aromatic amines is 1. The molecule has 5 atom stereocenters. The van der Waals surface area contributed by atoms with Crippen molar-refractivity contribution in [1.29, 1.82) is 0 Å². The number of phosphoric acid groups is 2. The van der Waals surface area contributed by atoms with Gasteiger partial charge in [0.15, 0.2) is 17.4 Å². The molecule has 4 heterocycles. The molecule has 1 fully saturated rings. The molecule has 188 valence electrons. The van der Waals surface area contributed by atoms with E-state index in [0.29, 0.717) is 0 Å². The predicted molar refractivity (Wildman–Crippen MR) is 111 cm³/mol. The Labute approximate surface area is 189 Å². The quantitative estimate of drug-likeness (QED) is 0.171. The molecule has 1 aliphatic heterocycles. The summed E-state index contributed by atoms with van der Waals surface area (Å²) in [5.74, 6) is -0.145. The highest BCUT2D eigenvalue weighted by molar-refractivity contribution is 7.60. The van der Waals surface area contributed by atoms with Crippen molar-refractivity contribution in [2.45, 2.75) is 24.5 Å². The summed E-state index contributed by atoms with van der Waals surface area (Å²) in [6.45, 7) is -0.869. The highest BCUT2D eigenvalue weighted by Crippen LogP contribution is 2.57. The molecule has 3 aromatic heterocycles. The molecule has 0 aliphatic carbocycles. The molecule has 8 N–H and O–H groups in total. The van der Waals surface area contributed by atoms with Crippen LogP contribution in [-0.2, 0) is 29.7 Å². The average molecular weight is 525 g/mol. The van der Waals surface area contributed by atoms with Gasteiger partial charge in [0.25, 0.3) is 5.56 Å². The Morgan fingerprint density at radius 3 is 2.53 bits per heavy atom. The van der Waals surface area contributed by atoms with Gasteiger partial charge in [-0.3, -0.25) is 18.5 Å². The number of aliphatic hydroxyl groups excluding tert-OH is 2. The number of imidazole rings is 2. The number of aromatic nitrogens is 6. The van der Waals surface area contributed by atoms with Crippen LogP contribution in [0.5, 0.6) is 0 Å². The molecule has 1 aliphatic rings. The van der Waals surface area contributed by atoms with Crippen molar-refractivity contribution in [2.24, 2.45) is 7.05 Å². The smallest absolute Gasteiger partial charge is 0.387 e. The fourth-order valence-corrected chi connectivity index (χ4v) is 4.49. The number of rotatable bonds is 6. The summed E-state index contributed by atoms with van der Waals surface area (Å²) in [6.07, 6.45) is 0.224. The summed E-state index contributed by atoms with van der Waals surface area (Å²) in [4.78, 5) is 52.9. The van der Waals surface area contributed by atoms with E-state index in [0.717, 1.165) is 15.5 Å². The molecule has 0 saturated carbocycles. The van der Waals surface area contributed by atoms with Crippen molar-refractivity contribution in [2.75, 3.05) is 12.3 Å². The number of hydrogen-bond donors (Lipinski definition) is 7. The highest BCUT2D eigenvalue weighted by Gasteiger charge is 2.46. The lowest BCUT2D eigenvalue weighted by Crippen LogP contribution is -2.33. The average Bonchev–Trinajstić information content (AvgIpc) is 3.47. The van der Waals surface area contributed by atoms with E-state index in [1.54, 1.807) is 18.7 Å². The zero-order chi connectivity index (χ0) is 25.3. The van der Waals surface area contributed by atoms with E-state index in [9.17, 15) is 29.0 Å². The van der Waals surface area contributed by atoms with Crippen LogP contribution in [0.4, 0.5) is 5.95 Å². The Balaban J connectivity index is 0.000000574. The maximum Gasteiger partial charge on any atom is 0.481 e. The lowest BCUT2D eigenvalue weighted by Gasteiger charge is -2.17. The van der Waals surface area contributed by atoms with Crippen LogP contribution < -0.4 is 11.3 Å². The molecule has 0 bridgehead atoms. The van der Waals surface area contributed by atoms with Crippen LogP contribution in [0.1, 0.15) is 6.23 Å². The fraction of sp³-hybridized carbons (Fsp3) is 0.429. The second-order valence-corrected chi connectivity index (χ2v) is 9.63. The van der Waals surface area contributed by atoms with Gasteiger partial charge >= 0.3 is 15.6 Å². The summed E-state index contributed by atoms with van der Waals surface area (Å²) >= 11 is 0. The minimum Gasteiger partial charge on any atom is -0.387 e. The number of ether oxygens (including phenoxy) is 1. The number of hydrogen-bond acceptors (Lipinski definition) is 12. The SMILES string of the molecule is Cn1c(N)nc2c(ncn2[C@@H]2O[C@H](COP(=O)(O)OP(=O)(O)O)[C@@H](O)[C@H]2O)c1=O.c1c[nH]cn1. The largest absolute Gasteiger partial charge is 0.481 e. The van der Waals surface area contributed by atoms with Crippen LogP contribution in [0.2, 0.25) is 0 Å². The number of nitrogens with zero attached hydrogens (tertiary/aromatic N) is 5. The third-order valence-corrected chi connectivity index (χ3v) is 6.62. The van der Waals surface area contributed by atoms with E-state index in [2.05, 4.69) is 28.8 Å². The molecule has 0 aromatic carbocycles. The number of aliphatic hydroxyl groups is 2. The fourth-order valence-electron chi connectivity index (χ4n) is 2.89. The van der Waals surface area contributed by atoms with Gasteiger partial charge in [-0.15, -0.1) is 0 Å². The Morgan fingerprint density at radius 2 is 1.97 bits per heavy atom. The van der Waals surface area contributed by atoms with E-state index >= 15 is 0 Å². The standard InChI is InChI=1S/C11H17N5O11P2.C3H4N2/c1-15-9(19)5-8(14-11(15)12)16(3-13-5)10-7(18)6(17)4(26-10)2-25-29(23,24)27-28(20,21)22;1-2-5-3-4-1/h3-4,6-7,10,17-18H,2H2,1H3,(H2,12,14)(H,23,24)(H2,20,21,22);1-3H,(H,4,5)/t4-,6-,7-,10-;/m1./s1. The topological polar surface area (TPSA) is 270 Å². The third-order valence-electron chi connectivity index (χ3n) is 4.47. The maximum absolute atomic E-state index is 12.2. The molecule has 0 radical (unpaired) electrons. The molecule has 0 spiro atoms. The molecule has 4 rings (SSSR count). The first-order valence-corrected chi connectivity index (χ1v) is 12.2. The molecule has 1 saturated heterocycles. The first-order valence-electron chi connectivity index (χ1n) is 9.18. The second kappa shape index (κ2) is 10.0. The van der Waals surface area contributed by atoms with Crippen molar-refractivity contribution in [3.63, 3.8) is 0 Å². The number of fused-ring (bicyclic) bond motifs is 1. The summed E-state index contributed by atoms with van der Waals surface area (Å²) in [5, 5.41) is 20.4. The maximum atomic E-state index is 12.2. The summed E-state index contributed by atoms with van der Waals surface area (Å²) in [7, 11) is -9.12. The van der Waals surface area contributed by atoms with Crippen LogP contribution >= 0.6 is 15.6 Å². The van der Waals surface area contributed by atoms with E-state index in [1.807, 2.05) is 0 Å². The van der Waals surface area contributed by atoms with Crippen molar-refractivity contribution >= 4 is 32.8 Å². The number of H-pyrrole nitrogens is 1. The predicted octanol–water partition coefficient (Wildman–Crippen LogP) is -2.03. The van der Waals surface area contributed by atoms with E-state index in [4.69, 9.17) is 20.3 Å². The summed E-state index contributed by atoms with van der Waals surface area (Å²) in [5.41, 5.74) is 4.97. The third kappa shape index (κ3) is 5.94. The minimum atomic E-state index is -5.32. The Hall–Kier alpha value is -2.50. The molecule has 18 nitrogen and oxygen atoms in total. The van der Waals surface area contributed by atoms with Crippen LogP contribution in [0.3, 0.4) is 0 Å². The van der Waals surface area contributed by atoms with Crippen LogP contribution in [0.25, 0.3) is 11.2 Å². The number of nitrogen functional groups attached to an aromatic ring is 1. The number of anilines is 1. The summed E-state index contributed by atoms with van der Waals surface area (Å²) < 4.78 is 37.8. The van der Waals surface area contributed by atoms with Crippen LogP contribution in [-0.4, -0.2) is 78.9 Å². The molecular weight excluding hydrogens is 504 g/mol. The van der Waals surface area contributed by atoms with Gasteiger partial charge in [-0.25, -0.2) is 19.1 Å². The van der Waals surface area contributed by atoms with Gasteiger partial charge in [0.05, 0.1) is 19.3 Å². The van der Waals surface area contributed by atoms with Gasteiger partial charge in [0.1, 0.15) is 18.3 Å². The molecule has 0 amide bonds. The van der Waals surface area contributed by atoms with Crippen molar-refractivity contribution < 1.29 is 47.6 Å². The van der Waals surface area contributed by atoms with Gasteiger partial charge in [-0.1, -0.05) is 0 Å². The monoisotopic (exact) mass is 525 g/mol. The van der Waals surface area contributed by atoms with Crippen molar-refractivity contribution in [1.82, 2.24) is 29.1 Å².